The molecule has 0 aromatic heterocycles. The van der Waals surface area contributed by atoms with Gasteiger partial charge in [0.2, 0.25) is 0 Å². The van der Waals surface area contributed by atoms with Crippen molar-refractivity contribution in [1.82, 2.24) is 5.32 Å². The molecule has 2 rings (SSSR count). The molecule has 0 aliphatic rings. The minimum absolute atomic E-state index is 0.333. The Morgan fingerprint density at radius 2 is 1.74 bits per heavy atom. The maximum Gasteiger partial charge on any atom is 0.255 e. The number of rotatable bonds is 5. The molecule has 0 radical (unpaired) electrons. The van der Waals surface area contributed by atoms with Crippen molar-refractivity contribution >= 4 is 18.0 Å². The SMILES string of the molecule is COc1ccccc1/C=C(/NC(=O)c1ccc(C)cc1)C(=O)[O-]. The Kier molecular flexibility index (Phi) is 5.15. The number of ether oxygens (including phenoxy) is 1. The van der Waals surface area contributed by atoms with E-state index >= 15 is 0 Å². The van der Waals surface area contributed by atoms with Crippen molar-refractivity contribution in [3.8, 4) is 5.75 Å². The standard InChI is InChI=1S/C18H17NO4/c1-12-7-9-13(10-8-12)17(20)19-15(18(21)22)11-14-5-3-4-6-16(14)23-2/h3-11H,1-2H3,(H,19,20)(H,21,22)/p-1/b15-11+. The first-order valence-corrected chi connectivity index (χ1v) is 6.95. The van der Waals surface area contributed by atoms with Gasteiger partial charge in [-0.1, -0.05) is 35.9 Å². The van der Waals surface area contributed by atoms with E-state index in [4.69, 9.17) is 4.74 Å². The highest BCUT2D eigenvalue weighted by molar-refractivity contribution is 6.02. The van der Waals surface area contributed by atoms with Crippen LogP contribution >= 0.6 is 0 Å². The molecule has 1 N–H and O–H groups in total. The molecular formula is C18H16NO4-. The molecule has 0 spiro atoms. The summed E-state index contributed by atoms with van der Waals surface area (Å²) >= 11 is 0. The number of aryl methyl sites for hydroxylation is 1. The van der Waals surface area contributed by atoms with E-state index in [9.17, 15) is 14.7 Å². The van der Waals surface area contributed by atoms with Crippen molar-refractivity contribution < 1.29 is 19.4 Å². The van der Waals surface area contributed by atoms with E-state index in [1.54, 1.807) is 48.5 Å². The summed E-state index contributed by atoms with van der Waals surface area (Å²) in [5.74, 6) is -1.50. The maximum atomic E-state index is 12.1. The molecule has 0 aliphatic heterocycles. The van der Waals surface area contributed by atoms with Crippen LogP contribution in [0.3, 0.4) is 0 Å². The molecule has 5 nitrogen and oxygen atoms in total. The zero-order valence-corrected chi connectivity index (χ0v) is 12.8. The molecule has 0 aliphatic carbocycles. The highest BCUT2D eigenvalue weighted by Crippen LogP contribution is 2.19. The summed E-state index contributed by atoms with van der Waals surface area (Å²) in [6.45, 7) is 1.90. The van der Waals surface area contributed by atoms with Gasteiger partial charge in [0.1, 0.15) is 5.75 Å². The summed E-state index contributed by atoms with van der Waals surface area (Å²) in [7, 11) is 1.48. The third-order valence-electron chi connectivity index (χ3n) is 3.22. The number of hydrogen-bond donors (Lipinski definition) is 1. The highest BCUT2D eigenvalue weighted by Gasteiger charge is 2.09. The van der Waals surface area contributed by atoms with Crippen LogP contribution in [0.4, 0.5) is 0 Å². The van der Waals surface area contributed by atoms with Crippen LogP contribution in [0.5, 0.6) is 5.75 Å². The van der Waals surface area contributed by atoms with E-state index in [1.165, 1.54) is 13.2 Å². The van der Waals surface area contributed by atoms with E-state index in [1.807, 2.05) is 6.92 Å². The van der Waals surface area contributed by atoms with Crippen molar-refractivity contribution in [2.75, 3.05) is 7.11 Å². The van der Waals surface area contributed by atoms with Gasteiger partial charge in [0.25, 0.3) is 5.91 Å². The predicted octanol–water partition coefficient (Wildman–Crippen LogP) is 1.52. The zero-order valence-electron chi connectivity index (χ0n) is 12.8. The van der Waals surface area contributed by atoms with Gasteiger partial charge in [-0.15, -0.1) is 0 Å². The third-order valence-corrected chi connectivity index (χ3v) is 3.22. The fourth-order valence-electron chi connectivity index (χ4n) is 1.99. The fraction of sp³-hybridized carbons (Fsp3) is 0.111. The Bertz CT molecular complexity index is 748. The molecule has 0 fully saturated rings. The second kappa shape index (κ2) is 7.26. The number of carboxylic acid groups (broad SMARTS) is 1. The molecule has 23 heavy (non-hydrogen) atoms. The lowest BCUT2D eigenvalue weighted by Gasteiger charge is -2.12. The highest BCUT2D eigenvalue weighted by atomic mass is 16.5. The van der Waals surface area contributed by atoms with Gasteiger partial charge >= 0.3 is 0 Å². The molecule has 0 bridgehead atoms. The monoisotopic (exact) mass is 310 g/mol. The number of para-hydroxylation sites is 1. The minimum Gasteiger partial charge on any atom is -0.543 e. The first kappa shape index (κ1) is 16.3. The molecule has 1 amide bonds. The quantitative estimate of drug-likeness (QED) is 0.849. The second-order valence-corrected chi connectivity index (χ2v) is 4.91. The first-order valence-electron chi connectivity index (χ1n) is 6.95. The Morgan fingerprint density at radius 1 is 1.09 bits per heavy atom. The molecular weight excluding hydrogens is 294 g/mol. The van der Waals surface area contributed by atoms with Gasteiger partial charge in [-0.05, 0) is 31.2 Å². The van der Waals surface area contributed by atoms with E-state index in [0.29, 0.717) is 16.9 Å². The lowest BCUT2D eigenvalue weighted by atomic mass is 10.1. The Labute approximate surface area is 134 Å². The van der Waals surface area contributed by atoms with Crippen molar-refractivity contribution in [2.45, 2.75) is 6.92 Å². The Hall–Kier alpha value is -3.08. The minimum atomic E-state index is -1.48. The summed E-state index contributed by atoms with van der Waals surface area (Å²) < 4.78 is 5.16. The first-order chi connectivity index (χ1) is 11.0. The van der Waals surface area contributed by atoms with Crippen molar-refractivity contribution in [1.29, 1.82) is 0 Å². The molecule has 0 unspecified atom stereocenters. The van der Waals surface area contributed by atoms with E-state index in [-0.39, 0.29) is 5.70 Å². The van der Waals surface area contributed by atoms with E-state index in [0.717, 1.165) is 5.56 Å². The average Bonchev–Trinajstić information content (AvgIpc) is 2.55. The largest absolute Gasteiger partial charge is 0.543 e. The van der Waals surface area contributed by atoms with Crippen molar-refractivity contribution in [3.05, 3.63) is 70.9 Å². The summed E-state index contributed by atoms with van der Waals surface area (Å²) in [5, 5.41) is 13.6. The van der Waals surface area contributed by atoms with Crippen molar-refractivity contribution in [3.63, 3.8) is 0 Å². The van der Waals surface area contributed by atoms with Crippen LogP contribution in [0.1, 0.15) is 21.5 Å². The number of amides is 1. The number of nitrogens with one attached hydrogen (secondary N) is 1. The molecule has 5 heteroatoms. The molecule has 2 aromatic rings. The molecule has 2 aromatic carbocycles. The molecule has 0 atom stereocenters. The van der Waals surface area contributed by atoms with Crippen LogP contribution in [0.25, 0.3) is 6.08 Å². The molecule has 118 valence electrons. The number of methoxy groups -OCH3 is 1. The topological polar surface area (TPSA) is 78.5 Å². The molecule has 0 saturated carbocycles. The van der Waals surface area contributed by atoms with Crippen LogP contribution < -0.4 is 15.2 Å². The van der Waals surface area contributed by atoms with Gasteiger partial charge in [-0.25, -0.2) is 0 Å². The third kappa shape index (κ3) is 4.20. The van der Waals surface area contributed by atoms with E-state index in [2.05, 4.69) is 5.32 Å². The van der Waals surface area contributed by atoms with Crippen molar-refractivity contribution in [2.24, 2.45) is 0 Å². The number of aliphatic carboxylic acids is 1. The number of hydrogen-bond acceptors (Lipinski definition) is 4. The Morgan fingerprint density at radius 3 is 2.35 bits per heavy atom. The Balaban J connectivity index is 2.28. The van der Waals surface area contributed by atoms with Crippen LogP contribution in [0.2, 0.25) is 0 Å². The zero-order chi connectivity index (χ0) is 16.8. The lowest BCUT2D eigenvalue weighted by molar-refractivity contribution is -0.299. The van der Waals surface area contributed by atoms with Gasteiger partial charge in [-0.3, -0.25) is 4.79 Å². The summed E-state index contributed by atoms with van der Waals surface area (Å²) in [5.41, 5.74) is 1.56. The second-order valence-electron chi connectivity index (χ2n) is 4.91. The predicted molar refractivity (Wildman–Crippen MR) is 84.6 cm³/mol. The number of benzene rings is 2. The average molecular weight is 310 g/mol. The lowest BCUT2D eigenvalue weighted by Crippen LogP contribution is -2.35. The van der Waals surface area contributed by atoms with Gasteiger partial charge in [-0.2, -0.15) is 0 Å². The number of carboxylic acids is 1. The normalized spacial score (nSPS) is 11.0. The number of carbonyl (C=O) groups is 2. The van der Waals surface area contributed by atoms with Gasteiger partial charge < -0.3 is 20.0 Å². The summed E-state index contributed by atoms with van der Waals surface area (Å²) in [6.07, 6.45) is 1.31. The number of carbonyl (C=O) groups excluding carboxylic acids is 2. The summed E-state index contributed by atoms with van der Waals surface area (Å²) in [6, 6.07) is 13.7. The van der Waals surface area contributed by atoms with E-state index < -0.39 is 11.9 Å². The smallest absolute Gasteiger partial charge is 0.255 e. The van der Waals surface area contributed by atoms with Gasteiger partial charge in [0, 0.05) is 11.1 Å². The van der Waals surface area contributed by atoms with Crippen LogP contribution in [0.15, 0.2) is 54.2 Å². The van der Waals surface area contributed by atoms with Crippen LogP contribution in [0, 0.1) is 6.92 Å². The van der Waals surface area contributed by atoms with Gasteiger partial charge in [0.15, 0.2) is 0 Å². The fourth-order valence-corrected chi connectivity index (χ4v) is 1.99. The van der Waals surface area contributed by atoms with Crippen LogP contribution in [-0.2, 0) is 4.79 Å². The maximum absolute atomic E-state index is 12.1. The van der Waals surface area contributed by atoms with Crippen LogP contribution in [-0.4, -0.2) is 19.0 Å². The van der Waals surface area contributed by atoms with Gasteiger partial charge in [0.05, 0.1) is 18.8 Å². The molecule has 0 heterocycles. The summed E-state index contributed by atoms with van der Waals surface area (Å²) in [4.78, 5) is 23.4. The molecule has 0 saturated heterocycles.